The van der Waals surface area contributed by atoms with Crippen LogP contribution >= 0.6 is 22.9 Å². The molecule has 0 amide bonds. The molecule has 0 saturated carbocycles. The fourth-order valence-corrected chi connectivity index (χ4v) is 3.60. The minimum absolute atomic E-state index is 0.775. The van der Waals surface area contributed by atoms with Gasteiger partial charge in [0.1, 0.15) is 5.01 Å². The van der Waals surface area contributed by atoms with Gasteiger partial charge in [-0.05, 0) is 29.7 Å². The predicted octanol–water partition coefficient (Wildman–Crippen LogP) is 5.21. The number of halogens is 1. The topological polar surface area (TPSA) is 12.9 Å². The lowest BCUT2D eigenvalue weighted by molar-refractivity contribution is 1.52. The highest BCUT2D eigenvalue weighted by atomic mass is 35.5. The summed E-state index contributed by atoms with van der Waals surface area (Å²) < 4.78 is 1.25. The number of nitrogens with zero attached hydrogens (tertiary/aromatic N) is 1. The van der Waals surface area contributed by atoms with E-state index in [1.807, 2.05) is 18.2 Å². The summed E-state index contributed by atoms with van der Waals surface area (Å²) in [5.41, 5.74) is 2.13. The molecule has 2 aliphatic heterocycles. The zero-order valence-corrected chi connectivity index (χ0v) is 10.9. The molecule has 0 fully saturated rings. The Labute approximate surface area is 113 Å². The second-order valence-electron chi connectivity index (χ2n) is 4.25. The van der Waals surface area contributed by atoms with Crippen LogP contribution in [0.1, 0.15) is 0 Å². The van der Waals surface area contributed by atoms with E-state index in [1.165, 1.54) is 10.1 Å². The highest BCUT2D eigenvalue weighted by Crippen LogP contribution is 2.40. The van der Waals surface area contributed by atoms with Crippen LogP contribution in [0.15, 0.2) is 48.5 Å². The lowest BCUT2D eigenvalue weighted by atomic mass is 10.1. The van der Waals surface area contributed by atoms with Gasteiger partial charge in [-0.2, -0.15) is 0 Å². The second kappa shape index (κ2) is 3.67. The molecule has 2 aromatic carbocycles. The van der Waals surface area contributed by atoms with Crippen LogP contribution < -0.4 is 0 Å². The van der Waals surface area contributed by atoms with E-state index in [0.717, 1.165) is 26.5 Å². The van der Waals surface area contributed by atoms with E-state index < -0.39 is 0 Å². The van der Waals surface area contributed by atoms with Crippen molar-refractivity contribution >= 4 is 43.9 Å². The molecule has 2 aromatic rings. The van der Waals surface area contributed by atoms with Crippen molar-refractivity contribution in [3.63, 3.8) is 0 Å². The molecule has 2 aliphatic rings. The van der Waals surface area contributed by atoms with Crippen molar-refractivity contribution in [1.82, 2.24) is 4.98 Å². The van der Waals surface area contributed by atoms with Gasteiger partial charge >= 0.3 is 0 Å². The summed E-state index contributed by atoms with van der Waals surface area (Å²) >= 11 is 8.01. The molecule has 4 rings (SSSR count). The van der Waals surface area contributed by atoms with E-state index in [4.69, 9.17) is 11.6 Å². The molecule has 0 aliphatic carbocycles. The van der Waals surface area contributed by atoms with Gasteiger partial charge < -0.3 is 0 Å². The van der Waals surface area contributed by atoms with Crippen LogP contribution in [-0.2, 0) is 0 Å². The zero-order chi connectivity index (χ0) is 12.1. The summed E-state index contributed by atoms with van der Waals surface area (Å²) in [5, 5.41) is 4.13. The summed E-state index contributed by atoms with van der Waals surface area (Å²) in [7, 11) is 0. The molecule has 0 saturated heterocycles. The smallest absolute Gasteiger partial charge is 0.125 e. The van der Waals surface area contributed by atoms with Gasteiger partial charge in [-0.25, -0.2) is 4.98 Å². The van der Waals surface area contributed by atoms with E-state index >= 15 is 0 Å². The molecular weight excluding hydrogens is 262 g/mol. The van der Waals surface area contributed by atoms with Crippen LogP contribution in [0.25, 0.3) is 31.6 Å². The average Bonchev–Trinajstić information content (AvgIpc) is 2.74. The summed E-state index contributed by atoms with van der Waals surface area (Å²) in [6, 6.07) is 16.4. The van der Waals surface area contributed by atoms with Crippen LogP contribution in [0.5, 0.6) is 0 Å². The summed E-state index contributed by atoms with van der Waals surface area (Å²) in [4.78, 5) is 4.66. The van der Waals surface area contributed by atoms with Crippen LogP contribution in [0.3, 0.4) is 0 Å². The van der Waals surface area contributed by atoms with Gasteiger partial charge in [0.15, 0.2) is 0 Å². The molecule has 0 bridgehead atoms. The van der Waals surface area contributed by atoms with E-state index in [0.29, 0.717) is 0 Å². The first-order valence-electron chi connectivity index (χ1n) is 5.69. The Morgan fingerprint density at radius 3 is 2.83 bits per heavy atom. The van der Waals surface area contributed by atoms with Gasteiger partial charge in [-0.3, -0.25) is 0 Å². The number of rotatable bonds is 0. The first kappa shape index (κ1) is 10.3. The Morgan fingerprint density at radius 2 is 1.89 bits per heavy atom. The Bertz CT molecular complexity index is 850. The van der Waals surface area contributed by atoms with Crippen molar-refractivity contribution in [3.8, 4) is 10.6 Å². The minimum Gasteiger partial charge on any atom is -0.237 e. The number of hydrogen-bond donors (Lipinski definition) is 0. The molecular formula is C15H8ClNS. The van der Waals surface area contributed by atoms with Gasteiger partial charge in [0.25, 0.3) is 0 Å². The van der Waals surface area contributed by atoms with Crippen molar-refractivity contribution in [2.24, 2.45) is 0 Å². The van der Waals surface area contributed by atoms with Crippen molar-refractivity contribution in [2.45, 2.75) is 0 Å². The lowest BCUT2D eigenvalue weighted by Gasteiger charge is -2.01. The van der Waals surface area contributed by atoms with Crippen molar-refractivity contribution in [2.75, 3.05) is 0 Å². The molecule has 3 heteroatoms. The van der Waals surface area contributed by atoms with E-state index in [2.05, 4.69) is 35.3 Å². The highest BCUT2D eigenvalue weighted by Gasteiger charge is 2.15. The first-order chi connectivity index (χ1) is 8.83. The van der Waals surface area contributed by atoms with Gasteiger partial charge in [0.05, 0.1) is 10.5 Å². The van der Waals surface area contributed by atoms with E-state index in [9.17, 15) is 0 Å². The Morgan fingerprint density at radius 1 is 1.00 bits per heavy atom. The number of benzene rings is 2. The second-order valence-corrected chi connectivity index (χ2v) is 5.69. The molecule has 86 valence electrons. The third-order valence-electron chi connectivity index (χ3n) is 3.14. The maximum Gasteiger partial charge on any atom is 0.125 e. The summed E-state index contributed by atoms with van der Waals surface area (Å²) in [6.45, 7) is 0. The lowest BCUT2D eigenvalue weighted by Crippen LogP contribution is -1.75. The van der Waals surface area contributed by atoms with E-state index in [1.54, 1.807) is 11.3 Å². The Hall–Kier alpha value is -1.64. The van der Waals surface area contributed by atoms with Crippen molar-refractivity contribution in [3.05, 3.63) is 53.6 Å². The molecule has 0 unspecified atom stereocenters. The van der Waals surface area contributed by atoms with Gasteiger partial charge in [0, 0.05) is 15.6 Å². The quantitative estimate of drug-likeness (QED) is 0.427. The minimum atomic E-state index is 0.775. The van der Waals surface area contributed by atoms with Gasteiger partial charge in [0.2, 0.25) is 0 Å². The maximum absolute atomic E-state index is 6.29. The fraction of sp³-hybridized carbons (Fsp3) is 0. The van der Waals surface area contributed by atoms with E-state index in [-0.39, 0.29) is 0 Å². The molecule has 0 spiro atoms. The third-order valence-corrected chi connectivity index (χ3v) is 4.55. The molecule has 0 atom stereocenters. The van der Waals surface area contributed by atoms with Crippen LogP contribution in [0.4, 0.5) is 0 Å². The molecule has 0 N–H and O–H groups in total. The highest BCUT2D eigenvalue weighted by molar-refractivity contribution is 7.21. The van der Waals surface area contributed by atoms with Gasteiger partial charge in [-0.1, -0.05) is 35.9 Å². The Balaban J connectivity index is 2.26. The standard InChI is InChI=1S/C15H8ClNS/c16-11-5-3-6-12-14(11)10-8-9-4-1-2-7-13(9)18-15(10)17-12/h1-8H. The normalized spacial score (nSPS) is 11.6. The van der Waals surface area contributed by atoms with Crippen LogP contribution in [-0.4, -0.2) is 4.98 Å². The molecule has 1 nitrogen and oxygen atoms in total. The summed E-state index contributed by atoms with van der Waals surface area (Å²) in [5.74, 6) is 0. The molecule has 18 heavy (non-hydrogen) atoms. The first-order valence-corrected chi connectivity index (χ1v) is 6.89. The van der Waals surface area contributed by atoms with Crippen LogP contribution in [0, 0.1) is 0 Å². The molecule has 0 aromatic heterocycles. The van der Waals surface area contributed by atoms with Crippen molar-refractivity contribution in [1.29, 1.82) is 0 Å². The monoisotopic (exact) mass is 269 g/mol. The maximum atomic E-state index is 6.29. The van der Waals surface area contributed by atoms with Crippen LogP contribution in [0.2, 0.25) is 5.02 Å². The molecule has 2 heterocycles. The predicted molar refractivity (Wildman–Crippen MR) is 78.8 cm³/mol. The third kappa shape index (κ3) is 1.36. The number of fused-ring (bicyclic) bond motifs is 4. The van der Waals surface area contributed by atoms with Gasteiger partial charge in [-0.15, -0.1) is 11.3 Å². The zero-order valence-electron chi connectivity index (χ0n) is 9.35. The van der Waals surface area contributed by atoms with Crippen molar-refractivity contribution < 1.29 is 0 Å². The Kier molecular flexibility index (Phi) is 2.10. The SMILES string of the molecule is Clc1cccc2nc3sc4ccccc4cc-3c12. The summed E-state index contributed by atoms with van der Waals surface area (Å²) in [6.07, 6.45) is 0. The largest absolute Gasteiger partial charge is 0.237 e. The fourth-order valence-electron chi connectivity index (χ4n) is 2.31. The molecule has 0 radical (unpaired) electrons. The average molecular weight is 270 g/mol. The number of hydrogen-bond acceptors (Lipinski definition) is 2. The number of aromatic nitrogens is 1.